The second-order valence-electron chi connectivity index (χ2n) is 4.21. The molecule has 0 saturated carbocycles. The van der Waals surface area contributed by atoms with E-state index in [0.717, 1.165) is 6.07 Å². The molecule has 1 aromatic rings. The Bertz CT molecular complexity index is 551. The zero-order valence-corrected chi connectivity index (χ0v) is 11.9. The summed E-state index contributed by atoms with van der Waals surface area (Å²) in [6.45, 7) is 1.73. The number of aliphatic hydroxyl groups excluding tert-OH is 2. The summed E-state index contributed by atoms with van der Waals surface area (Å²) in [4.78, 5) is 21.3. The summed E-state index contributed by atoms with van der Waals surface area (Å²) in [5.74, 6) is -0.709. The van der Waals surface area contributed by atoms with Crippen molar-refractivity contribution < 1.29 is 24.7 Å². The van der Waals surface area contributed by atoms with Gasteiger partial charge in [0.15, 0.2) is 0 Å². The van der Waals surface area contributed by atoms with Crippen molar-refractivity contribution in [3.05, 3.63) is 32.8 Å². The molecule has 116 valence electrons. The van der Waals surface area contributed by atoms with Crippen LogP contribution < -0.4 is 5.73 Å². The summed E-state index contributed by atoms with van der Waals surface area (Å²) in [5, 5.41) is 30.6. The molecular weight excluding hydrogens is 304 g/mol. The van der Waals surface area contributed by atoms with Gasteiger partial charge in [0.25, 0.3) is 5.69 Å². The number of benzene rings is 1. The number of aliphatic hydroxyl groups is 2. The number of carbonyl (C=O) groups excluding carboxylic acids is 1. The van der Waals surface area contributed by atoms with Gasteiger partial charge >= 0.3 is 5.97 Å². The van der Waals surface area contributed by atoms with Crippen LogP contribution >= 0.6 is 11.6 Å². The Labute approximate surface area is 125 Å². The molecule has 0 saturated heterocycles. The zero-order valence-electron chi connectivity index (χ0n) is 11.2. The van der Waals surface area contributed by atoms with E-state index in [4.69, 9.17) is 17.3 Å². The van der Waals surface area contributed by atoms with Crippen molar-refractivity contribution in [2.24, 2.45) is 0 Å². The van der Waals surface area contributed by atoms with Crippen LogP contribution in [0, 0.1) is 10.1 Å². The number of hydrogen-bond acceptors (Lipinski definition) is 7. The number of nitrogen functional groups attached to an aromatic ring is 1. The van der Waals surface area contributed by atoms with Crippen LogP contribution in [0.15, 0.2) is 12.1 Å². The molecule has 0 radical (unpaired) electrons. The molecule has 0 aliphatic rings. The molecule has 2 unspecified atom stereocenters. The van der Waals surface area contributed by atoms with Gasteiger partial charge in [0, 0.05) is 16.7 Å². The van der Waals surface area contributed by atoms with Gasteiger partial charge in [0.05, 0.1) is 24.1 Å². The Morgan fingerprint density at radius 3 is 2.67 bits per heavy atom. The van der Waals surface area contributed by atoms with Crippen molar-refractivity contribution in [2.45, 2.75) is 25.6 Å². The van der Waals surface area contributed by atoms with Crippen LogP contribution in [0.25, 0.3) is 0 Å². The van der Waals surface area contributed by atoms with Crippen LogP contribution in [-0.4, -0.2) is 33.8 Å². The molecule has 0 aliphatic carbocycles. The number of nitro benzene ring substituents is 1. The first-order valence-corrected chi connectivity index (χ1v) is 6.40. The minimum absolute atomic E-state index is 0.0201. The number of nitrogens with two attached hydrogens (primary N) is 1. The Hall–Kier alpha value is -1.90. The van der Waals surface area contributed by atoms with E-state index in [-0.39, 0.29) is 22.9 Å². The van der Waals surface area contributed by atoms with Crippen LogP contribution in [0.1, 0.15) is 25.0 Å². The van der Waals surface area contributed by atoms with Crippen LogP contribution in [-0.2, 0) is 9.53 Å². The van der Waals surface area contributed by atoms with Gasteiger partial charge in [-0.2, -0.15) is 0 Å². The molecule has 0 aromatic heterocycles. The third-order valence-electron chi connectivity index (χ3n) is 2.72. The number of anilines is 1. The number of nitrogens with zero attached hydrogens (tertiary/aromatic N) is 1. The van der Waals surface area contributed by atoms with E-state index in [9.17, 15) is 25.1 Å². The van der Waals surface area contributed by atoms with E-state index in [0.29, 0.717) is 0 Å². The maximum absolute atomic E-state index is 11.3. The van der Waals surface area contributed by atoms with E-state index in [1.54, 1.807) is 6.92 Å². The molecular formula is C12H15ClN2O6. The predicted octanol–water partition coefficient (Wildman–Crippen LogP) is 1.18. The monoisotopic (exact) mass is 318 g/mol. The number of nitro groups is 1. The van der Waals surface area contributed by atoms with Crippen molar-refractivity contribution in [3.8, 4) is 0 Å². The molecule has 0 spiro atoms. The maximum atomic E-state index is 11.3. The van der Waals surface area contributed by atoms with Gasteiger partial charge in [-0.25, -0.2) is 0 Å². The molecule has 21 heavy (non-hydrogen) atoms. The van der Waals surface area contributed by atoms with E-state index < -0.39 is 35.2 Å². The first-order chi connectivity index (χ1) is 9.77. The summed E-state index contributed by atoms with van der Waals surface area (Å²) in [6.07, 6.45) is -3.61. The minimum Gasteiger partial charge on any atom is -0.466 e. The van der Waals surface area contributed by atoms with Crippen molar-refractivity contribution >= 4 is 28.9 Å². The predicted molar refractivity (Wildman–Crippen MR) is 74.7 cm³/mol. The fourth-order valence-corrected chi connectivity index (χ4v) is 1.95. The molecule has 1 aromatic carbocycles. The molecule has 4 N–H and O–H groups in total. The first-order valence-electron chi connectivity index (χ1n) is 6.03. The number of esters is 1. The molecule has 0 aliphatic heterocycles. The van der Waals surface area contributed by atoms with Crippen molar-refractivity contribution in [1.29, 1.82) is 0 Å². The average Bonchev–Trinajstić information content (AvgIpc) is 2.40. The van der Waals surface area contributed by atoms with E-state index in [1.165, 1.54) is 6.07 Å². The van der Waals surface area contributed by atoms with Gasteiger partial charge in [-0.05, 0) is 13.0 Å². The molecule has 0 heterocycles. The largest absolute Gasteiger partial charge is 0.466 e. The highest BCUT2D eigenvalue weighted by atomic mass is 35.5. The Kier molecular flexibility index (Phi) is 5.89. The normalized spacial score (nSPS) is 13.5. The molecule has 1 rings (SSSR count). The lowest BCUT2D eigenvalue weighted by atomic mass is 9.99. The number of rotatable bonds is 6. The third kappa shape index (κ3) is 4.28. The Balaban J connectivity index is 3.04. The Morgan fingerprint density at radius 1 is 1.52 bits per heavy atom. The second kappa shape index (κ2) is 7.21. The van der Waals surface area contributed by atoms with Gasteiger partial charge in [0.1, 0.15) is 11.8 Å². The lowest BCUT2D eigenvalue weighted by Gasteiger charge is -2.19. The fourth-order valence-electron chi connectivity index (χ4n) is 1.73. The van der Waals surface area contributed by atoms with E-state index >= 15 is 0 Å². The minimum atomic E-state index is -1.60. The van der Waals surface area contributed by atoms with Gasteiger partial charge < -0.3 is 20.7 Å². The first kappa shape index (κ1) is 17.2. The van der Waals surface area contributed by atoms with Gasteiger partial charge in [-0.3, -0.25) is 14.9 Å². The van der Waals surface area contributed by atoms with Crippen molar-refractivity contribution in [3.63, 3.8) is 0 Å². The number of ether oxygens (including phenoxy) is 1. The maximum Gasteiger partial charge on any atom is 0.308 e. The highest BCUT2D eigenvalue weighted by molar-refractivity contribution is 6.31. The Morgan fingerprint density at radius 2 is 2.14 bits per heavy atom. The van der Waals surface area contributed by atoms with Crippen LogP contribution in [0.3, 0.4) is 0 Å². The highest BCUT2D eigenvalue weighted by Crippen LogP contribution is 2.34. The molecule has 2 atom stereocenters. The molecule has 9 heteroatoms. The zero-order chi connectivity index (χ0) is 16.2. The van der Waals surface area contributed by atoms with Crippen molar-refractivity contribution in [2.75, 3.05) is 12.3 Å². The summed E-state index contributed by atoms with van der Waals surface area (Å²) in [5.41, 5.74) is 4.67. The lowest BCUT2D eigenvalue weighted by Crippen LogP contribution is -2.24. The molecule has 8 nitrogen and oxygen atoms in total. The fraction of sp³-hybridized carbons (Fsp3) is 0.417. The third-order valence-corrected chi connectivity index (χ3v) is 2.93. The quantitative estimate of drug-likeness (QED) is 0.310. The van der Waals surface area contributed by atoms with Crippen LogP contribution in [0.4, 0.5) is 11.4 Å². The summed E-state index contributed by atoms with van der Waals surface area (Å²) in [7, 11) is 0. The summed E-state index contributed by atoms with van der Waals surface area (Å²) in [6, 6.07) is 2.23. The van der Waals surface area contributed by atoms with E-state index in [2.05, 4.69) is 4.74 Å². The van der Waals surface area contributed by atoms with Gasteiger partial charge in [0.2, 0.25) is 0 Å². The summed E-state index contributed by atoms with van der Waals surface area (Å²) < 4.78 is 4.64. The SMILES string of the molecule is CCOC(=O)CC(O)C(O)c1cc(Cl)cc([N+](=O)[O-])c1N. The second-order valence-corrected chi connectivity index (χ2v) is 4.64. The van der Waals surface area contributed by atoms with E-state index in [1.807, 2.05) is 0 Å². The smallest absolute Gasteiger partial charge is 0.308 e. The highest BCUT2D eigenvalue weighted by Gasteiger charge is 2.27. The van der Waals surface area contributed by atoms with Gasteiger partial charge in [-0.1, -0.05) is 11.6 Å². The van der Waals surface area contributed by atoms with Gasteiger partial charge in [-0.15, -0.1) is 0 Å². The van der Waals surface area contributed by atoms with Crippen LogP contribution in [0.5, 0.6) is 0 Å². The molecule has 0 bridgehead atoms. The lowest BCUT2D eigenvalue weighted by molar-refractivity contribution is -0.384. The standard InChI is InChI=1S/C12H15ClN2O6/c1-2-21-10(17)5-9(16)12(18)7-3-6(13)4-8(11(7)14)15(19)20/h3-4,9,12,16,18H,2,5,14H2,1H3. The molecule has 0 amide bonds. The summed E-state index contributed by atoms with van der Waals surface area (Å²) >= 11 is 5.73. The topological polar surface area (TPSA) is 136 Å². The number of carbonyl (C=O) groups is 1. The van der Waals surface area contributed by atoms with Crippen LogP contribution in [0.2, 0.25) is 5.02 Å². The average molecular weight is 319 g/mol. The van der Waals surface area contributed by atoms with Crippen molar-refractivity contribution in [1.82, 2.24) is 0 Å². The number of halogens is 1. The molecule has 0 fully saturated rings. The number of hydrogen-bond donors (Lipinski definition) is 3.